The Balaban J connectivity index is 2.11. The zero-order chi connectivity index (χ0) is 18.2. The van der Waals surface area contributed by atoms with E-state index < -0.39 is 27.9 Å². The fourth-order valence-corrected chi connectivity index (χ4v) is 4.45. The summed E-state index contributed by atoms with van der Waals surface area (Å²) < 4.78 is 31.6. The molecule has 1 amide bonds. The van der Waals surface area contributed by atoms with Crippen molar-refractivity contribution < 1.29 is 22.7 Å². The van der Waals surface area contributed by atoms with Gasteiger partial charge in [-0.3, -0.25) is 9.59 Å². The first-order chi connectivity index (χ1) is 11.9. The second kappa shape index (κ2) is 6.33. The van der Waals surface area contributed by atoms with E-state index in [1.807, 2.05) is 6.92 Å². The van der Waals surface area contributed by atoms with Gasteiger partial charge in [-0.25, -0.2) is 12.7 Å². The number of esters is 1. The third-order valence-electron chi connectivity index (χ3n) is 4.20. The molecule has 1 aliphatic rings. The molecule has 2 aromatic carbocycles. The van der Waals surface area contributed by atoms with Gasteiger partial charge in [-0.1, -0.05) is 35.9 Å². The van der Waals surface area contributed by atoms with Crippen LogP contribution < -0.4 is 0 Å². The normalized spacial score (nSPS) is 16.6. The van der Waals surface area contributed by atoms with Crippen molar-refractivity contribution in [1.29, 1.82) is 0 Å². The predicted octanol–water partition coefficient (Wildman–Crippen LogP) is 2.44. The Hall–Kier alpha value is -2.67. The van der Waals surface area contributed by atoms with Crippen LogP contribution in [-0.2, 0) is 19.6 Å². The Bertz CT molecular complexity index is 934. The van der Waals surface area contributed by atoms with E-state index in [1.54, 1.807) is 36.4 Å². The number of hydrogen-bond acceptors (Lipinski definition) is 5. The molecule has 0 fully saturated rings. The van der Waals surface area contributed by atoms with Gasteiger partial charge >= 0.3 is 5.97 Å². The van der Waals surface area contributed by atoms with Crippen LogP contribution in [0.1, 0.15) is 33.9 Å². The van der Waals surface area contributed by atoms with Crippen LogP contribution in [0.4, 0.5) is 0 Å². The SMILES string of the molecule is COC(=O)CC1c2ccccc2C(=O)N1S(=O)(=O)c1ccc(C)cc1. The third kappa shape index (κ3) is 2.91. The molecule has 0 spiro atoms. The lowest BCUT2D eigenvalue weighted by Gasteiger charge is -2.24. The minimum Gasteiger partial charge on any atom is -0.469 e. The fraction of sp³-hybridized carbons (Fsp3) is 0.222. The number of carbonyl (C=O) groups excluding carboxylic acids is 2. The first kappa shape index (κ1) is 17.2. The molecule has 0 N–H and O–H groups in total. The quantitative estimate of drug-likeness (QED) is 0.783. The van der Waals surface area contributed by atoms with Crippen LogP contribution in [0, 0.1) is 6.92 Å². The van der Waals surface area contributed by atoms with Crippen molar-refractivity contribution in [3.8, 4) is 0 Å². The molecule has 0 bridgehead atoms. The summed E-state index contributed by atoms with van der Waals surface area (Å²) in [5, 5.41) is 0. The van der Waals surface area contributed by atoms with Gasteiger partial charge in [0.1, 0.15) is 0 Å². The first-order valence-corrected chi connectivity index (χ1v) is 9.11. The van der Waals surface area contributed by atoms with E-state index in [0.29, 0.717) is 5.56 Å². The molecule has 25 heavy (non-hydrogen) atoms. The number of rotatable bonds is 4. The Morgan fingerprint density at radius 2 is 1.76 bits per heavy atom. The molecule has 7 heteroatoms. The number of sulfonamides is 1. The molecule has 1 unspecified atom stereocenters. The number of ether oxygens (including phenoxy) is 1. The van der Waals surface area contributed by atoms with E-state index >= 15 is 0 Å². The summed E-state index contributed by atoms with van der Waals surface area (Å²) >= 11 is 0. The minimum absolute atomic E-state index is 0.00845. The zero-order valence-electron chi connectivity index (χ0n) is 13.8. The second-order valence-corrected chi connectivity index (χ2v) is 7.62. The summed E-state index contributed by atoms with van der Waals surface area (Å²) in [6.07, 6.45) is -0.232. The van der Waals surface area contributed by atoms with E-state index in [0.717, 1.165) is 9.87 Å². The number of hydrogen-bond donors (Lipinski definition) is 0. The third-order valence-corrected chi connectivity index (χ3v) is 6.01. The Morgan fingerprint density at radius 1 is 1.12 bits per heavy atom. The number of carbonyl (C=O) groups is 2. The van der Waals surface area contributed by atoms with Gasteiger partial charge in [0.2, 0.25) is 0 Å². The standard InChI is InChI=1S/C18H17NO5S/c1-12-7-9-13(10-8-12)25(22,23)19-16(11-17(20)24-2)14-5-3-4-6-15(14)18(19)21/h3-10,16H,11H2,1-2H3. The molecule has 0 aliphatic carbocycles. The second-order valence-electron chi connectivity index (χ2n) is 5.80. The maximum Gasteiger partial charge on any atom is 0.307 e. The lowest BCUT2D eigenvalue weighted by Crippen LogP contribution is -2.35. The molecule has 1 atom stereocenters. The van der Waals surface area contributed by atoms with E-state index in [2.05, 4.69) is 4.74 Å². The number of aryl methyl sites for hydroxylation is 1. The molecular weight excluding hydrogens is 342 g/mol. The molecule has 0 aromatic heterocycles. The number of nitrogens with zero attached hydrogens (tertiary/aromatic N) is 1. The van der Waals surface area contributed by atoms with Gasteiger partial charge < -0.3 is 4.74 Å². The van der Waals surface area contributed by atoms with Crippen LogP contribution in [0.5, 0.6) is 0 Å². The lowest BCUT2D eigenvalue weighted by atomic mass is 10.0. The summed E-state index contributed by atoms with van der Waals surface area (Å²) in [6, 6.07) is 11.9. The summed E-state index contributed by atoms with van der Waals surface area (Å²) in [6.45, 7) is 1.84. The first-order valence-electron chi connectivity index (χ1n) is 7.67. The average Bonchev–Trinajstić information content (AvgIpc) is 2.88. The van der Waals surface area contributed by atoms with Crippen molar-refractivity contribution in [1.82, 2.24) is 4.31 Å². The predicted molar refractivity (Wildman–Crippen MR) is 90.4 cm³/mol. The molecule has 0 saturated carbocycles. The molecule has 6 nitrogen and oxygen atoms in total. The maximum absolute atomic E-state index is 13.1. The van der Waals surface area contributed by atoms with Gasteiger partial charge in [-0.15, -0.1) is 0 Å². The van der Waals surface area contributed by atoms with Crippen LogP contribution in [0.15, 0.2) is 53.4 Å². The molecule has 1 heterocycles. The molecule has 2 aromatic rings. The number of amides is 1. The number of fused-ring (bicyclic) bond motifs is 1. The van der Waals surface area contributed by atoms with Gasteiger partial charge in [-0.2, -0.15) is 0 Å². The largest absolute Gasteiger partial charge is 0.469 e. The van der Waals surface area contributed by atoms with Gasteiger partial charge in [0, 0.05) is 5.56 Å². The van der Waals surface area contributed by atoms with Crippen molar-refractivity contribution >= 4 is 21.9 Å². The van der Waals surface area contributed by atoms with Crippen LogP contribution in [-0.4, -0.2) is 31.7 Å². The van der Waals surface area contributed by atoms with Crippen molar-refractivity contribution in [3.05, 3.63) is 65.2 Å². The van der Waals surface area contributed by atoms with Crippen LogP contribution in [0.3, 0.4) is 0 Å². The molecule has 130 valence electrons. The van der Waals surface area contributed by atoms with E-state index in [9.17, 15) is 18.0 Å². The van der Waals surface area contributed by atoms with E-state index in [-0.39, 0.29) is 16.9 Å². The fourth-order valence-electron chi connectivity index (χ4n) is 2.90. The highest BCUT2D eigenvalue weighted by Gasteiger charge is 2.45. The van der Waals surface area contributed by atoms with Gasteiger partial charge in [0.15, 0.2) is 0 Å². The minimum atomic E-state index is -4.10. The van der Waals surface area contributed by atoms with Crippen molar-refractivity contribution in [2.24, 2.45) is 0 Å². The molecule has 0 radical (unpaired) electrons. The smallest absolute Gasteiger partial charge is 0.307 e. The van der Waals surface area contributed by atoms with Gasteiger partial charge in [0.25, 0.3) is 15.9 Å². The Morgan fingerprint density at radius 3 is 2.40 bits per heavy atom. The molecular formula is C18H17NO5S. The van der Waals surface area contributed by atoms with Crippen LogP contribution in [0.2, 0.25) is 0 Å². The Kier molecular flexibility index (Phi) is 4.34. The van der Waals surface area contributed by atoms with Gasteiger partial charge in [-0.05, 0) is 30.7 Å². The zero-order valence-corrected chi connectivity index (χ0v) is 14.6. The summed E-state index contributed by atoms with van der Waals surface area (Å²) in [7, 11) is -2.87. The van der Waals surface area contributed by atoms with Crippen molar-refractivity contribution in [2.75, 3.05) is 7.11 Å². The summed E-state index contributed by atoms with van der Waals surface area (Å²) in [5.74, 6) is -1.22. The number of benzene rings is 2. The highest BCUT2D eigenvalue weighted by Crippen LogP contribution is 2.39. The lowest BCUT2D eigenvalue weighted by molar-refractivity contribution is -0.141. The van der Waals surface area contributed by atoms with Crippen LogP contribution in [0.25, 0.3) is 0 Å². The summed E-state index contributed by atoms with van der Waals surface area (Å²) in [5.41, 5.74) is 1.70. The topological polar surface area (TPSA) is 80.8 Å². The van der Waals surface area contributed by atoms with Crippen molar-refractivity contribution in [2.45, 2.75) is 24.3 Å². The monoisotopic (exact) mass is 359 g/mol. The van der Waals surface area contributed by atoms with E-state index in [1.165, 1.54) is 19.2 Å². The van der Waals surface area contributed by atoms with Crippen molar-refractivity contribution in [3.63, 3.8) is 0 Å². The summed E-state index contributed by atoms with van der Waals surface area (Å²) in [4.78, 5) is 24.5. The maximum atomic E-state index is 13.1. The Labute approximate surface area is 146 Å². The van der Waals surface area contributed by atoms with Crippen LogP contribution >= 0.6 is 0 Å². The highest BCUT2D eigenvalue weighted by molar-refractivity contribution is 7.89. The number of methoxy groups -OCH3 is 1. The van der Waals surface area contributed by atoms with E-state index in [4.69, 9.17) is 0 Å². The van der Waals surface area contributed by atoms with Gasteiger partial charge in [0.05, 0.1) is 24.5 Å². The highest BCUT2D eigenvalue weighted by atomic mass is 32.2. The molecule has 3 rings (SSSR count). The molecule has 1 aliphatic heterocycles. The molecule has 0 saturated heterocycles. The average molecular weight is 359 g/mol.